The molecule has 0 fully saturated rings. The molecule has 1 heterocycles. The molecule has 3 nitrogen and oxygen atoms in total. The van der Waals surface area contributed by atoms with E-state index in [0.29, 0.717) is 28.1 Å². The van der Waals surface area contributed by atoms with Gasteiger partial charge in [0.2, 0.25) is 5.88 Å². The van der Waals surface area contributed by atoms with E-state index in [1.807, 2.05) is 55.5 Å². The molecule has 0 bridgehead atoms. The van der Waals surface area contributed by atoms with E-state index in [1.165, 1.54) is 0 Å². The molecule has 0 radical (unpaired) electrons. The molecule has 1 aliphatic carbocycles. The highest BCUT2D eigenvalue weighted by Crippen LogP contribution is 2.43. The topological polar surface area (TPSA) is 45.9 Å². The largest absolute Gasteiger partial charge is 0.477 e. The summed E-state index contributed by atoms with van der Waals surface area (Å²) < 4.78 is 5.75. The summed E-state index contributed by atoms with van der Waals surface area (Å²) in [6.45, 7) is 2.31. The summed E-state index contributed by atoms with van der Waals surface area (Å²) in [5, 5.41) is 11.2. The standard InChI is InChI=1S/C24H18Cl2N2O/c1-2-29-24-20(14-27)22(16-7-5-8-18(25)13-16)19-11-10-17(23(19)28-24)12-15-6-3-4-9-21(15)26/h3-9,12-13H,2,10-11H2,1H3. The van der Waals surface area contributed by atoms with Crippen molar-refractivity contribution in [2.45, 2.75) is 19.8 Å². The maximum absolute atomic E-state index is 9.89. The van der Waals surface area contributed by atoms with Crippen LogP contribution in [0.3, 0.4) is 0 Å². The first kappa shape index (κ1) is 19.5. The van der Waals surface area contributed by atoms with Crippen LogP contribution in [-0.4, -0.2) is 11.6 Å². The van der Waals surface area contributed by atoms with Crippen molar-refractivity contribution < 1.29 is 4.74 Å². The number of benzene rings is 2. The molecule has 0 aliphatic heterocycles. The molecular weight excluding hydrogens is 403 g/mol. The van der Waals surface area contributed by atoms with Crippen LogP contribution in [0, 0.1) is 11.3 Å². The van der Waals surface area contributed by atoms with Gasteiger partial charge in [-0.15, -0.1) is 0 Å². The molecule has 0 N–H and O–H groups in total. The van der Waals surface area contributed by atoms with Crippen molar-refractivity contribution in [1.29, 1.82) is 5.26 Å². The third-order valence-corrected chi connectivity index (χ3v) is 5.53. The minimum absolute atomic E-state index is 0.357. The lowest BCUT2D eigenvalue weighted by Crippen LogP contribution is -2.04. The van der Waals surface area contributed by atoms with Gasteiger partial charge >= 0.3 is 0 Å². The number of halogens is 2. The molecule has 1 aliphatic rings. The zero-order valence-corrected chi connectivity index (χ0v) is 17.4. The minimum atomic E-state index is 0.357. The minimum Gasteiger partial charge on any atom is -0.477 e. The Morgan fingerprint density at radius 1 is 1.14 bits per heavy atom. The number of pyridine rings is 1. The van der Waals surface area contributed by atoms with Crippen molar-refractivity contribution in [3.8, 4) is 23.1 Å². The summed E-state index contributed by atoms with van der Waals surface area (Å²) in [4.78, 5) is 4.74. The molecule has 3 aromatic rings. The average molecular weight is 421 g/mol. The van der Waals surface area contributed by atoms with Crippen LogP contribution in [0.4, 0.5) is 0 Å². The molecule has 0 atom stereocenters. The SMILES string of the molecule is CCOc1nc2c(c(-c3cccc(Cl)c3)c1C#N)CCC2=Cc1ccccc1Cl. The second kappa shape index (κ2) is 8.29. The molecule has 0 saturated heterocycles. The van der Waals surface area contributed by atoms with Gasteiger partial charge in [0.05, 0.1) is 12.3 Å². The molecule has 4 rings (SSSR count). The lowest BCUT2D eigenvalue weighted by Gasteiger charge is -2.15. The third-order valence-electron chi connectivity index (χ3n) is 4.95. The zero-order chi connectivity index (χ0) is 20.4. The first-order valence-corrected chi connectivity index (χ1v) is 10.2. The van der Waals surface area contributed by atoms with Gasteiger partial charge in [0.1, 0.15) is 11.6 Å². The van der Waals surface area contributed by atoms with Gasteiger partial charge in [-0.05, 0) is 66.3 Å². The van der Waals surface area contributed by atoms with Crippen molar-refractivity contribution in [2.75, 3.05) is 6.61 Å². The quantitative estimate of drug-likeness (QED) is 0.465. The van der Waals surface area contributed by atoms with E-state index in [2.05, 4.69) is 12.1 Å². The summed E-state index contributed by atoms with van der Waals surface area (Å²) in [7, 11) is 0. The van der Waals surface area contributed by atoms with E-state index < -0.39 is 0 Å². The number of fused-ring (bicyclic) bond motifs is 1. The van der Waals surface area contributed by atoms with Gasteiger partial charge in [-0.3, -0.25) is 0 Å². The van der Waals surface area contributed by atoms with Crippen LogP contribution in [-0.2, 0) is 6.42 Å². The highest BCUT2D eigenvalue weighted by Gasteiger charge is 2.28. The summed E-state index contributed by atoms with van der Waals surface area (Å²) in [6, 6.07) is 17.6. The maximum Gasteiger partial charge on any atom is 0.232 e. The summed E-state index contributed by atoms with van der Waals surface area (Å²) >= 11 is 12.6. The summed E-state index contributed by atoms with van der Waals surface area (Å²) in [5.41, 5.74) is 6.14. The summed E-state index contributed by atoms with van der Waals surface area (Å²) in [6.07, 6.45) is 3.69. The number of nitriles is 1. The lowest BCUT2D eigenvalue weighted by molar-refractivity contribution is 0.325. The number of aromatic nitrogens is 1. The number of rotatable bonds is 4. The third kappa shape index (κ3) is 3.74. The molecule has 0 spiro atoms. The van der Waals surface area contributed by atoms with Crippen LogP contribution in [0.5, 0.6) is 5.88 Å². The van der Waals surface area contributed by atoms with Crippen LogP contribution in [0.25, 0.3) is 22.8 Å². The van der Waals surface area contributed by atoms with E-state index in [1.54, 1.807) is 0 Å². The number of hydrogen-bond donors (Lipinski definition) is 0. The predicted molar refractivity (Wildman–Crippen MR) is 118 cm³/mol. The molecule has 5 heteroatoms. The van der Waals surface area contributed by atoms with Gasteiger partial charge in [-0.1, -0.05) is 53.5 Å². The van der Waals surface area contributed by atoms with Crippen LogP contribution in [0.2, 0.25) is 10.0 Å². The summed E-state index contributed by atoms with van der Waals surface area (Å²) in [5.74, 6) is 0.357. The highest BCUT2D eigenvalue weighted by atomic mass is 35.5. The second-order valence-corrected chi connectivity index (χ2v) is 7.58. The van der Waals surface area contributed by atoms with Crippen LogP contribution >= 0.6 is 23.2 Å². The normalized spacial score (nSPS) is 13.9. The number of ether oxygens (including phenoxy) is 1. The zero-order valence-electron chi connectivity index (χ0n) is 15.9. The molecular formula is C24H18Cl2N2O. The van der Waals surface area contributed by atoms with Gasteiger partial charge in [-0.2, -0.15) is 5.26 Å². The van der Waals surface area contributed by atoms with Crippen molar-refractivity contribution in [2.24, 2.45) is 0 Å². The Labute approximate surface area is 180 Å². The van der Waals surface area contributed by atoms with Gasteiger partial charge < -0.3 is 4.74 Å². The smallest absolute Gasteiger partial charge is 0.232 e. The Kier molecular flexibility index (Phi) is 5.58. The van der Waals surface area contributed by atoms with Crippen molar-refractivity contribution in [3.05, 3.63) is 81.0 Å². The lowest BCUT2D eigenvalue weighted by atomic mass is 9.95. The Hall–Kier alpha value is -2.80. The van der Waals surface area contributed by atoms with Crippen molar-refractivity contribution in [1.82, 2.24) is 4.98 Å². The predicted octanol–water partition coefficient (Wildman–Crippen LogP) is 6.81. The van der Waals surface area contributed by atoms with E-state index in [0.717, 1.165) is 46.4 Å². The van der Waals surface area contributed by atoms with E-state index >= 15 is 0 Å². The Morgan fingerprint density at radius 2 is 1.97 bits per heavy atom. The van der Waals surface area contributed by atoms with Gasteiger partial charge in [0.15, 0.2) is 0 Å². The van der Waals surface area contributed by atoms with Gasteiger partial charge in [0.25, 0.3) is 0 Å². The molecule has 2 aromatic carbocycles. The molecule has 0 unspecified atom stereocenters. The van der Waals surface area contributed by atoms with Gasteiger partial charge in [-0.25, -0.2) is 4.98 Å². The van der Waals surface area contributed by atoms with Crippen LogP contribution in [0.1, 0.15) is 35.7 Å². The van der Waals surface area contributed by atoms with E-state index in [-0.39, 0.29) is 0 Å². The first-order valence-electron chi connectivity index (χ1n) is 9.43. The molecule has 0 amide bonds. The maximum atomic E-state index is 9.89. The van der Waals surface area contributed by atoms with Crippen molar-refractivity contribution in [3.63, 3.8) is 0 Å². The molecule has 1 aromatic heterocycles. The Morgan fingerprint density at radius 3 is 2.69 bits per heavy atom. The monoisotopic (exact) mass is 420 g/mol. The fourth-order valence-electron chi connectivity index (χ4n) is 3.72. The number of nitrogens with zero attached hydrogens (tertiary/aromatic N) is 2. The van der Waals surface area contributed by atoms with E-state index in [9.17, 15) is 5.26 Å². The Bertz CT molecular complexity index is 1160. The number of hydrogen-bond acceptors (Lipinski definition) is 3. The van der Waals surface area contributed by atoms with E-state index in [4.69, 9.17) is 32.9 Å². The molecule has 29 heavy (non-hydrogen) atoms. The fraction of sp³-hybridized carbons (Fsp3) is 0.167. The molecule has 0 saturated carbocycles. The highest BCUT2D eigenvalue weighted by molar-refractivity contribution is 6.32. The number of allylic oxidation sites excluding steroid dienone is 1. The molecule has 144 valence electrons. The average Bonchev–Trinajstić information content (AvgIpc) is 3.11. The Balaban J connectivity index is 1.96. The first-order chi connectivity index (χ1) is 14.1. The van der Waals surface area contributed by atoms with Crippen LogP contribution in [0.15, 0.2) is 48.5 Å². The second-order valence-electron chi connectivity index (χ2n) is 6.74. The van der Waals surface area contributed by atoms with Gasteiger partial charge in [0, 0.05) is 15.6 Å². The van der Waals surface area contributed by atoms with Crippen molar-refractivity contribution >= 4 is 34.9 Å². The fourth-order valence-corrected chi connectivity index (χ4v) is 4.10. The van der Waals surface area contributed by atoms with Crippen LogP contribution < -0.4 is 4.74 Å².